The molecule has 18 unspecified atom stereocenters. The number of carbonyl (C=O) groups is 9. The molecule has 676 valence electrons. The summed E-state index contributed by atoms with van der Waals surface area (Å²) in [7, 11) is 1.46. The van der Waals surface area contributed by atoms with Crippen molar-refractivity contribution in [2.24, 2.45) is 17.4 Å². The lowest BCUT2D eigenvalue weighted by Crippen LogP contribution is -2.65. The van der Waals surface area contributed by atoms with Gasteiger partial charge in [-0.25, -0.2) is 9.18 Å². The van der Waals surface area contributed by atoms with Crippen LogP contribution in [0.5, 0.6) is 46.0 Å². The second-order valence-corrected chi connectivity index (χ2v) is 32.2. The van der Waals surface area contributed by atoms with Gasteiger partial charge in [0.15, 0.2) is 23.9 Å². The number of primary amides is 1. The van der Waals surface area contributed by atoms with Crippen LogP contribution < -0.4 is 90.1 Å². The number of phenols is 3. The summed E-state index contributed by atoms with van der Waals surface area (Å²) >= 11 is 20.2. The van der Waals surface area contributed by atoms with E-state index in [2.05, 4.69) is 63.7 Å². The molecule has 25 N–H and O–H groups in total. The monoisotopic (exact) mass is 1820 g/mol. The molecule has 7 aliphatic rings. The Labute approximate surface area is 735 Å². The van der Waals surface area contributed by atoms with Gasteiger partial charge in [0.2, 0.25) is 65.3 Å². The van der Waals surface area contributed by atoms with E-state index in [4.69, 9.17) is 80.1 Å². The number of amides is 9. The number of fused-ring (bicyclic) bond motifs is 15. The van der Waals surface area contributed by atoms with E-state index in [0.29, 0.717) is 5.56 Å². The fraction of sp³-hybridized carbons (Fsp3) is 0.366. The molecule has 9 amide bonds. The molecule has 0 saturated carbocycles. The number of nitrogens with two attached hydrogens (primary N) is 2. The second kappa shape index (κ2) is 39.6. The van der Waals surface area contributed by atoms with Crippen molar-refractivity contribution in [2.75, 3.05) is 25.5 Å². The first-order valence-corrected chi connectivity index (χ1v) is 40.4. The third kappa shape index (κ3) is 21.5. The van der Waals surface area contributed by atoms with Gasteiger partial charge in [-0.3, -0.25) is 64.0 Å². The van der Waals surface area contributed by atoms with Crippen molar-refractivity contribution in [1.29, 1.82) is 5.41 Å². The fourth-order valence-corrected chi connectivity index (χ4v) is 15.6. The number of hydrazine groups is 1. The molecule has 7 aromatic rings. The number of nitrogens with one attached hydrogen (secondary N) is 12. The topological polar surface area (TPSA) is 634 Å². The lowest BCUT2D eigenvalue weighted by Gasteiger charge is -2.48. The third-order valence-electron chi connectivity index (χ3n) is 21.4. The highest BCUT2D eigenvalue weighted by molar-refractivity contribution is 6.32. The highest BCUT2D eigenvalue weighted by Crippen LogP contribution is 2.50. The maximum atomic E-state index is 16.3. The summed E-state index contributed by atoms with van der Waals surface area (Å²) in [5.41, 5.74) is 10.7. The molecule has 2 saturated heterocycles. The van der Waals surface area contributed by atoms with Gasteiger partial charge < -0.3 is 134 Å². The Morgan fingerprint density at radius 3 is 2.02 bits per heavy atom. The molecular weight excluding hydrogens is 1730 g/mol. The van der Waals surface area contributed by atoms with Crippen LogP contribution in [0.15, 0.2) is 120 Å². The van der Waals surface area contributed by atoms with Gasteiger partial charge in [-0.05, 0) is 145 Å². The van der Waals surface area contributed by atoms with Crippen LogP contribution in [0.25, 0.3) is 17.2 Å². The zero-order valence-electron chi connectivity index (χ0n) is 67.8. The van der Waals surface area contributed by atoms with Gasteiger partial charge in [-0.2, -0.15) is 4.98 Å². The minimum absolute atomic E-state index is 0.0684. The number of likely N-dealkylation sites (N-methyl/N-ethyl adjacent to an activating group) is 1. The molecular formula is C82H90Cl3FN16O25. The van der Waals surface area contributed by atoms with E-state index in [1.54, 1.807) is 20.8 Å². The molecule has 7 aliphatic heterocycles. The number of aliphatic hydroxyl groups excluding tert-OH is 6. The molecule has 127 heavy (non-hydrogen) atoms. The van der Waals surface area contributed by atoms with Crippen LogP contribution >= 0.6 is 34.8 Å². The number of ether oxygens (including phenoxy) is 6. The number of hydrogen-bond acceptors (Lipinski definition) is 29. The Morgan fingerprint density at radius 1 is 0.732 bits per heavy atom. The fourth-order valence-electron chi connectivity index (χ4n) is 14.9. The van der Waals surface area contributed by atoms with Gasteiger partial charge in [0.1, 0.15) is 107 Å². The standard InChI is InChI=1S/C82H90Cl3FN16O25/c1-32(2)20-46(90-5)72(114)98-63-65(109)36-9-13-50(43(84)23-36)123-52-25-38-26-53(69(52)127-79-70(68(112)67(111)54(31-103)125-79)126-58-30-82(4,71(113)33(3)122-58)91-17-19-102-18-16-56(94-81(102)121)93-57(108)15-7-34-6-11-45(86)42(83)21-34)124-51-14-10-37(24-44(51)85)66(110)64-77(119)97-62(78(120)100-101-80(88)89)41-27-39(104)28-49(106)59(41)40-22-35(8-12-48(40)105)60(74(116)99-64)96-75(117)61(38)95-73(115)47(29-55(87)107)92-76(63)118/h6-16,18,21-28,32-33,46-47,54,58,60-68,70-71,79,90-91,103-106,109-113H,17,19-20,29-31H2,1-5H3,(H2,87,107)(H,92,118)(H,95,115)(H,96,117)(H,97,119)(H,98,114)(H,99,116)(H,100,120)(H4,88,89,101)(H,93,94,108,121). The number of hydrogen-bond donors (Lipinski definition) is 23. The number of anilines is 1. The average Bonchev–Trinajstić information content (AvgIpc) is 0.767. The molecule has 0 aliphatic carbocycles. The van der Waals surface area contributed by atoms with E-state index < -0.39 is 277 Å². The number of aliphatic hydroxyl groups is 6. The van der Waals surface area contributed by atoms with Crippen molar-refractivity contribution < 1.29 is 122 Å². The lowest BCUT2D eigenvalue weighted by molar-refractivity contribution is -0.334. The molecule has 8 heterocycles. The Morgan fingerprint density at radius 2 is 1.39 bits per heavy atom. The van der Waals surface area contributed by atoms with Crippen LogP contribution in [0.1, 0.15) is 111 Å². The Bertz CT molecular complexity index is 5550. The summed E-state index contributed by atoms with van der Waals surface area (Å²) in [4.78, 5) is 150. The quantitative estimate of drug-likeness (QED) is 0.0218. The van der Waals surface area contributed by atoms with Crippen molar-refractivity contribution in [2.45, 2.75) is 163 Å². The number of rotatable bonds is 20. The van der Waals surface area contributed by atoms with Crippen LogP contribution in [0.4, 0.5) is 10.2 Å². The van der Waals surface area contributed by atoms with E-state index in [1.165, 1.54) is 55.1 Å². The molecule has 45 heteroatoms. The Kier molecular flexibility index (Phi) is 29.3. The third-order valence-corrected chi connectivity index (χ3v) is 22.3. The first-order valence-electron chi connectivity index (χ1n) is 39.3. The van der Waals surface area contributed by atoms with Crippen molar-refractivity contribution >= 4 is 106 Å². The lowest BCUT2D eigenvalue weighted by atomic mass is 9.85. The largest absolute Gasteiger partial charge is 0.508 e. The number of benzene rings is 6. The smallest absolute Gasteiger partial charge is 0.349 e. The molecule has 0 spiro atoms. The summed E-state index contributed by atoms with van der Waals surface area (Å²) in [6, 6.07) is 4.11. The molecule has 18 atom stereocenters. The Hall–Kier alpha value is -12.4. The van der Waals surface area contributed by atoms with Gasteiger partial charge in [0, 0.05) is 54.5 Å². The minimum atomic E-state index is -2.42. The minimum Gasteiger partial charge on any atom is -0.508 e. The Balaban J connectivity index is 0.994. The normalized spacial score (nSPS) is 25.7. The van der Waals surface area contributed by atoms with Crippen LogP contribution in [0, 0.1) is 17.1 Å². The van der Waals surface area contributed by atoms with Gasteiger partial charge in [-0.1, -0.05) is 72.9 Å². The molecule has 6 aromatic carbocycles. The second-order valence-electron chi connectivity index (χ2n) is 31.0. The van der Waals surface area contributed by atoms with E-state index >= 15 is 24.0 Å². The zero-order valence-corrected chi connectivity index (χ0v) is 70.1. The maximum Gasteiger partial charge on any atom is 0.349 e. The van der Waals surface area contributed by atoms with Gasteiger partial charge >= 0.3 is 5.69 Å². The predicted molar refractivity (Wildman–Crippen MR) is 446 cm³/mol. The van der Waals surface area contributed by atoms with Crippen LogP contribution in [0.3, 0.4) is 0 Å². The summed E-state index contributed by atoms with van der Waals surface area (Å²) in [5, 5.41) is 137. The number of aromatic nitrogens is 2. The zero-order chi connectivity index (χ0) is 92.1. The first kappa shape index (κ1) is 93.7. The highest BCUT2D eigenvalue weighted by atomic mass is 35.5. The molecule has 0 radical (unpaired) electrons. The summed E-state index contributed by atoms with van der Waals surface area (Å²) in [5.74, 6) is -18.3. The van der Waals surface area contributed by atoms with Gasteiger partial charge in [0.25, 0.3) is 5.91 Å². The van der Waals surface area contributed by atoms with Crippen molar-refractivity contribution in [1.82, 2.24) is 62.9 Å². The van der Waals surface area contributed by atoms with Crippen LogP contribution in [-0.4, -0.2) is 214 Å². The van der Waals surface area contributed by atoms with Crippen molar-refractivity contribution in [3.63, 3.8) is 0 Å². The van der Waals surface area contributed by atoms with Gasteiger partial charge in [-0.15, -0.1) is 0 Å². The number of carbonyl (C=O) groups excluding carboxylic acids is 9. The van der Waals surface area contributed by atoms with E-state index in [9.17, 15) is 74.3 Å². The molecule has 14 rings (SSSR count). The average molecular weight is 1830 g/mol. The van der Waals surface area contributed by atoms with Crippen molar-refractivity contribution in [3.05, 3.63) is 180 Å². The summed E-state index contributed by atoms with van der Waals surface area (Å²) in [6.45, 7) is 5.45. The number of aromatic hydroxyl groups is 3. The SMILES string of the molecule is CNC(CC(C)C)C(=O)NC1C(=O)NC(CC(N)=O)C(=O)NC2C(=O)NC3C(=O)NC(C(=O)NC(C(=O)NNC(=N)N)c4cc(O)cc(O)c4-c4cc3ccc4O)C(O)c3ccc(c(Cl)c3)Oc3cc2cc(c3OC2OC(CO)C(O)C(O)C2OC2CC(C)(NCCn3ccc(NC(=O)C=Cc4ccc(F)c(Cl)c4)nc3=O)C(O)C(C)O2)Oc2ccc(cc2Cl)C1O. The molecule has 11 bridgehead atoms. The first-order chi connectivity index (χ1) is 60.2. The van der Waals surface area contributed by atoms with E-state index in [1.807, 2.05) is 0 Å². The van der Waals surface area contributed by atoms with Crippen LogP contribution in [0.2, 0.25) is 15.1 Å². The van der Waals surface area contributed by atoms with E-state index in [0.717, 1.165) is 84.9 Å². The molecule has 1 aromatic heterocycles. The highest BCUT2D eigenvalue weighted by Gasteiger charge is 2.52. The van der Waals surface area contributed by atoms with E-state index in [-0.39, 0.29) is 53.8 Å². The number of guanidine groups is 1. The number of phenolic OH excluding ortho intramolecular Hbond substituents is 3. The number of halogens is 4. The van der Waals surface area contributed by atoms with Gasteiger partial charge in [0.05, 0.1) is 46.3 Å². The summed E-state index contributed by atoms with van der Waals surface area (Å²) in [6.07, 6.45) is -16.0. The molecule has 41 nitrogen and oxygen atoms in total. The van der Waals surface area contributed by atoms with Crippen LogP contribution in [-0.2, 0) is 63.9 Å². The predicted octanol–water partition coefficient (Wildman–Crippen LogP) is 0.868. The molecule has 2 fully saturated rings. The summed E-state index contributed by atoms with van der Waals surface area (Å²) < 4.78 is 54.3. The van der Waals surface area contributed by atoms with Crippen molar-refractivity contribution in [3.8, 4) is 57.1 Å². The number of nitrogens with zero attached hydrogens (tertiary/aromatic N) is 2. The maximum absolute atomic E-state index is 16.3.